The van der Waals surface area contributed by atoms with Crippen molar-refractivity contribution in [1.82, 2.24) is 24.8 Å². The highest BCUT2D eigenvalue weighted by Crippen LogP contribution is 2.32. The van der Waals surface area contributed by atoms with Crippen molar-refractivity contribution in [3.63, 3.8) is 0 Å². The van der Waals surface area contributed by atoms with E-state index in [0.29, 0.717) is 6.54 Å². The Morgan fingerprint density at radius 2 is 2.07 bits per heavy atom. The highest BCUT2D eigenvalue weighted by molar-refractivity contribution is 7.20. The lowest BCUT2D eigenvalue weighted by atomic mass is 10.1. The number of imidazole rings is 1. The number of nitrogens with zero attached hydrogens (tertiary/aromatic N) is 4. The molecule has 4 aromatic heterocycles. The van der Waals surface area contributed by atoms with Gasteiger partial charge in [0.25, 0.3) is 5.91 Å². The van der Waals surface area contributed by atoms with E-state index in [9.17, 15) is 4.79 Å². The smallest absolute Gasteiger partial charge is 0.261 e. The SMILES string of the molecule is Cc1cc(C)c2c(C)c(C(=O)NCc3ccnc(-n4ccnc4)c3)sc2n1. The number of hydrogen-bond acceptors (Lipinski definition) is 5. The molecular weight excluding hydrogens is 358 g/mol. The van der Waals surface area contributed by atoms with Gasteiger partial charge in [-0.15, -0.1) is 11.3 Å². The van der Waals surface area contributed by atoms with Crippen LogP contribution in [0.5, 0.6) is 0 Å². The minimum Gasteiger partial charge on any atom is -0.347 e. The van der Waals surface area contributed by atoms with Crippen molar-refractivity contribution >= 4 is 27.5 Å². The van der Waals surface area contributed by atoms with E-state index < -0.39 is 0 Å². The summed E-state index contributed by atoms with van der Waals surface area (Å²) in [4.78, 5) is 27.3. The van der Waals surface area contributed by atoms with Crippen molar-refractivity contribution in [3.8, 4) is 5.82 Å². The van der Waals surface area contributed by atoms with Crippen molar-refractivity contribution in [1.29, 1.82) is 0 Å². The zero-order chi connectivity index (χ0) is 19.0. The number of carbonyl (C=O) groups excluding carboxylic acids is 1. The van der Waals surface area contributed by atoms with Crippen LogP contribution in [0, 0.1) is 20.8 Å². The van der Waals surface area contributed by atoms with E-state index in [1.807, 2.05) is 36.7 Å². The highest BCUT2D eigenvalue weighted by atomic mass is 32.1. The third-order valence-electron chi connectivity index (χ3n) is 4.46. The number of amides is 1. The standard InChI is InChI=1S/C20H19N5OS/c1-12-8-13(2)24-20-17(12)14(3)18(27-20)19(26)23-10-15-4-5-22-16(9-15)25-7-6-21-11-25/h4-9,11H,10H2,1-3H3,(H,23,26). The minimum absolute atomic E-state index is 0.0754. The molecule has 27 heavy (non-hydrogen) atoms. The molecule has 0 bridgehead atoms. The largest absolute Gasteiger partial charge is 0.347 e. The summed E-state index contributed by atoms with van der Waals surface area (Å²) in [6.07, 6.45) is 6.97. The number of pyridine rings is 2. The van der Waals surface area contributed by atoms with Gasteiger partial charge in [0.05, 0.1) is 4.88 Å². The van der Waals surface area contributed by atoms with Crippen LogP contribution in [-0.2, 0) is 6.54 Å². The first-order valence-corrected chi connectivity index (χ1v) is 9.43. The average Bonchev–Trinajstić information content (AvgIpc) is 3.28. The monoisotopic (exact) mass is 377 g/mol. The summed E-state index contributed by atoms with van der Waals surface area (Å²) in [6, 6.07) is 5.89. The van der Waals surface area contributed by atoms with Crippen molar-refractivity contribution in [2.45, 2.75) is 27.3 Å². The first-order chi connectivity index (χ1) is 13.0. The molecule has 0 spiro atoms. The van der Waals surface area contributed by atoms with E-state index in [1.165, 1.54) is 11.3 Å². The van der Waals surface area contributed by atoms with Crippen molar-refractivity contribution in [2.24, 2.45) is 0 Å². The van der Waals surface area contributed by atoms with Crippen LogP contribution in [0.1, 0.15) is 32.1 Å². The summed E-state index contributed by atoms with van der Waals surface area (Å²) in [7, 11) is 0. The summed E-state index contributed by atoms with van der Waals surface area (Å²) < 4.78 is 1.83. The molecule has 7 heteroatoms. The average molecular weight is 377 g/mol. The molecule has 0 saturated carbocycles. The second kappa shape index (κ2) is 6.92. The van der Waals surface area contributed by atoms with Crippen molar-refractivity contribution < 1.29 is 4.79 Å². The maximum absolute atomic E-state index is 12.8. The molecule has 0 aliphatic rings. The molecule has 1 N–H and O–H groups in total. The Morgan fingerprint density at radius 3 is 2.85 bits per heavy atom. The predicted molar refractivity (Wildman–Crippen MR) is 106 cm³/mol. The normalized spacial score (nSPS) is 11.1. The molecule has 0 unspecified atom stereocenters. The molecule has 0 aliphatic heterocycles. The van der Waals surface area contributed by atoms with Gasteiger partial charge in [-0.1, -0.05) is 0 Å². The zero-order valence-corrected chi connectivity index (χ0v) is 16.2. The minimum atomic E-state index is -0.0754. The zero-order valence-electron chi connectivity index (χ0n) is 15.4. The van der Waals surface area contributed by atoms with Crippen LogP contribution in [0.3, 0.4) is 0 Å². The summed E-state index contributed by atoms with van der Waals surface area (Å²) in [5.41, 5.74) is 4.10. The van der Waals surface area contributed by atoms with Gasteiger partial charge < -0.3 is 5.32 Å². The van der Waals surface area contributed by atoms with Gasteiger partial charge in [-0.3, -0.25) is 9.36 Å². The van der Waals surface area contributed by atoms with Gasteiger partial charge in [0.2, 0.25) is 0 Å². The molecule has 4 aromatic rings. The van der Waals surface area contributed by atoms with Gasteiger partial charge in [-0.25, -0.2) is 15.0 Å². The van der Waals surface area contributed by atoms with E-state index in [1.54, 1.807) is 18.7 Å². The van der Waals surface area contributed by atoms with E-state index in [4.69, 9.17) is 0 Å². The van der Waals surface area contributed by atoms with E-state index in [2.05, 4.69) is 33.3 Å². The van der Waals surface area contributed by atoms with Crippen LogP contribution in [0.2, 0.25) is 0 Å². The lowest BCUT2D eigenvalue weighted by Crippen LogP contribution is -2.22. The Bertz CT molecular complexity index is 1130. The number of aromatic nitrogens is 4. The number of aryl methyl sites for hydroxylation is 3. The van der Waals surface area contributed by atoms with Crippen molar-refractivity contribution in [2.75, 3.05) is 0 Å². The number of hydrogen-bond donors (Lipinski definition) is 1. The second-order valence-electron chi connectivity index (χ2n) is 6.49. The Labute approximate surface area is 160 Å². The number of fused-ring (bicyclic) bond motifs is 1. The molecular formula is C20H19N5OS. The van der Waals surface area contributed by atoms with Crippen LogP contribution in [0.15, 0.2) is 43.1 Å². The van der Waals surface area contributed by atoms with Gasteiger partial charge in [-0.2, -0.15) is 0 Å². The van der Waals surface area contributed by atoms with E-state index >= 15 is 0 Å². The summed E-state index contributed by atoms with van der Waals surface area (Å²) in [6.45, 7) is 6.46. The highest BCUT2D eigenvalue weighted by Gasteiger charge is 2.18. The molecule has 0 fully saturated rings. The molecule has 0 aromatic carbocycles. The summed E-state index contributed by atoms with van der Waals surface area (Å²) >= 11 is 1.45. The van der Waals surface area contributed by atoms with E-state index in [-0.39, 0.29) is 5.91 Å². The predicted octanol–water partition coefficient (Wildman–Crippen LogP) is 3.73. The third-order valence-corrected chi connectivity index (χ3v) is 5.65. The van der Waals surface area contributed by atoms with Gasteiger partial charge in [0, 0.05) is 36.2 Å². The first kappa shape index (κ1) is 17.4. The maximum atomic E-state index is 12.8. The molecule has 0 aliphatic carbocycles. The van der Waals surface area contributed by atoms with Gasteiger partial charge in [0.1, 0.15) is 17.0 Å². The lowest BCUT2D eigenvalue weighted by Gasteiger charge is -2.07. The fraction of sp³-hybridized carbons (Fsp3) is 0.200. The number of carbonyl (C=O) groups is 1. The van der Waals surface area contributed by atoms with E-state index in [0.717, 1.165) is 43.3 Å². The molecule has 136 valence electrons. The Kier molecular flexibility index (Phi) is 4.45. The Morgan fingerprint density at radius 1 is 1.22 bits per heavy atom. The van der Waals surface area contributed by atoms with Gasteiger partial charge in [0.15, 0.2) is 0 Å². The third kappa shape index (κ3) is 3.33. The first-order valence-electron chi connectivity index (χ1n) is 8.61. The van der Waals surface area contributed by atoms with Crippen LogP contribution in [0.25, 0.3) is 16.0 Å². The van der Waals surface area contributed by atoms with Crippen LogP contribution in [-0.4, -0.2) is 25.4 Å². The molecule has 0 saturated heterocycles. The molecule has 4 rings (SSSR count). The molecule has 6 nitrogen and oxygen atoms in total. The molecule has 4 heterocycles. The number of nitrogens with one attached hydrogen (secondary N) is 1. The summed E-state index contributed by atoms with van der Waals surface area (Å²) in [5, 5.41) is 4.10. The van der Waals surface area contributed by atoms with Gasteiger partial charge in [-0.05, 0) is 55.7 Å². The van der Waals surface area contributed by atoms with Crippen molar-refractivity contribution in [3.05, 3.63) is 70.4 Å². The molecule has 0 radical (unpaired) electrons. The molecule has 1 amide bonds. The van der Waals surface area contributed by atoms with Crippen LogP contribution in [0.4, 0.5) is 0 Å². The van der Waals surface area contributed by atoms with Gasteiger partial charge >= 0.3 is 0 Å². The number of rotatable bonds is 4. The Balaban J connectivity index is 1.55. The van der Waals surface area contributed by atoms with Crippen LogP contribution < -0.4 is 5.32 Å². The van der Waals surface area contributed by atoms with Crippen LogP contribution >= 0.6 is 11.3 Å². The lowest BCUT2D eigenvalue weighted by molar-refractivity contribution is 0.0954. The fourth-order valence-electron chi connectivity index (χ4n) is 3.20. The Hall–Kier alpha value is -3.06. The maximum Gasteiger partial charge on any atom is 0.261 e. The molecule has 0 atom stereocenters. The number of thiophene rings is 1. The second-order valence-corrected chi connectivity index (χ2v) is 7.49. The quantitative estimate of drug-likeness (QED) is 0.588. The topological polar surface area (TPSA) is 72.7 Å². The fourth-order valence-corrected chi connectivity index (χ4v) is 4.42. The summed E-state index contributed by atoms with van der Waals surface area (Å²) in [5.74, 6) is 0.695.